The molecule has 4 nitrogen and oxygen atoms in total. The van der Waals surface area contributed by atoms with Gasteiger partial charge in [0.25, 0.3) is 0 Å². The number of Topliss-reactive ketones (excluding diaryl/α,β-unsaturated/α-hetero) is 1. The van der Waals surface area contributed by atoms with Gasteiger partial charge in [0.1, 0.15) is 17.1 Å². The fourth-order valence-electron chi connectivity index (χ4n) is 3.83. The average molecular weight is 320 g/mol. The number of ether oxygens (including phenoxy) is 1. The molecule has 0 spiro atoms. The van der Waals surface area contributed by atoms with Crippen molar-refractivity contribution in [3.8, 4) is 5.75 Å². The van der Waals surface area contributed by atoms with Gasteiger partial charge in [0.2, 0.25) is 0 Å². The standard InChI is InChI=1S/C20H20N2O2/c1-12(23)16-11-10-15-19-14(13-6-3-4-9-18(13)24-2)7-5-8-17(19)22-20(15)21-16/h3-4,6,9-11,14H,5,7-8H2,1-2H3,(H,21,22). The number of aromatic nitrogens is 2. The van der Waals surface area contributed by atoms with Crippen LogP contribution in [-0.2, 0) is 6.42 Å². The molecule has 0 saturated carbocycles. The Bertz CT molecular complexity index is 927. The van der Waals surface area contributed by atoms with E-state index >= 15 is 0 Å². The van der Waals surface area contributed by atoms with Crippen LogP contribution in [-0.4, -0.2) is 22.9 Å². The third-order valence-electron chi connectivity index (χ3n) is 4.92. The van der Waals surface area contributed by atoms with E-state index in [1.165, 1.54) is 16.8 Å². The number of rotatable bonds is 3. The quantitative estimate of drug-likeness (QED) is 0.734. The first-order valence-corrected chi connectivity index (χ1v) is 8.34. The summed E-state index contributed by atoms with van der Waals surface area (Å²) < 4.78 is 5.58. The van der Waals surface area contributed by atoms with E-state index in [4.69, 9.17) is 4.74 Å². The Morgan fingerprint density at radius 1 is 1.25 bits per heavy atom. The number of benzene rings is 1. The molecule has 1 unspecified atom stereocenters. The second kappa shape index (κ2) is 5.78. The second-order valence-electron chi connectivity index (χ2n) is 6.35. The van der Waals surface area contributed by atoms with E-state index in [0.717, 1.165) is 36.0 Å². The molecule has 2 aromatic heterocycles. The Labute approximate surface area is 140 Å². The summed E-state index contributed by atoms with van der Waals surface area (Å²) in [5.41, 5.74) is 5.09. The maximum absolute atomic E-state index is 11.6. The number of carbonyl (C=O) groups excluding carboxylic acids is 1. The van der Waals surface area contributed by atoms with Crippen molar-refractivity contribution in [1.82, 2.24) is 9.97 Å². The van der Waals surface area contributed by atoms with Gasteiger partial charge in [-0.2, -0.15) is 0 Å². The molecule has 2 heterocycles. The minimum Gasteiger partial charge on any atom is -0.496 e. The summed E-state index contributed by atoms with van der Waals surface area (Å²) in [6.07, 6.45) is 3.24. The van der Waals surface area contributed by atoms with Crippen LogP contribution >= 0.6 is 0 Å². The molecule has 1 aromatic carbocycles. The number of ketones is 1. The van der Waals surface area contributed by atoms with Crippen LogP contribution in [0.2, 0.25) is 0 Å². The van der Waals surface area contributed by atoms with Crippen LogP contribution in [0.25, 0.3) is 11.0 Å². The Morgan fingerprint density at radius 3 is 2.88 bits per heavy atom. The average Bonchev–Trinajstić information content (AvgIpc) is 2.99. The highest BCUT2D eigenvalue weighted by Gasteiger charge is 2.28. The minimum absolute atomic E-state index is 0.00856. The van der Waals surface area contributed by atoms with Gasteiger partial charge in [0.15, 0.2) is 5.78 Å². The highest BCUT2D eigenvalue weighted by atomic mass is 16.5. The summed E-state index contributed by atoms with van der Waals surface area (Å²) in [6, 6.07) is 12.1. The number of aryl methyl sites for hydroxylation is 1. The first kappa shape index (κ1) is 14.9. The van der Waals surface area contributed by atoms with Crippen molar-refractivity contribution in [1.29, 1.82) is 0 Å². The van der Waals surface area contributed by atoms with Gasteiger partial charge in [-0.25, -0.2) is 4.98 Å². The van der Waals surface area contributed by atoms with Crippen LogP contribution in [0, 0.1) is 0 Å². The van der Waals surface area contributed by atoms with Gasteiger partial charge in [-0.15, -0.1) is 0 Å². The number of pyridine rings is 1. The van der Waals surface area contributed by atoms with Gasteiger partial charge in [-0.3, -0.25) is 4.79 Å². The Kier molecular flexibility index (Phi) is 3.60. The second-order valence-corrected chi connectivity index (χ2v) is 6.35. The first-order valence-electron chi connectivity index (χ1n) is 8.34. The molecular formula is C20H20N2O2. The molecule has 0 fully saturated rings. The van der Waals surface area contributed by atoms with Crippen molar-refractivity contribution in [3.63, 3.8) is 0 Å². The molecule has 1 aliphatic rings. The van der Waals surface area contributed by atoms with E-state index in [2.05, 4.69) is 22.1 Å². The fourth-order valence-corrected chi connectivity index (χ4v) is 3.83. The van der Waals surface area contributed by atoms with E-state index in [9.17, 15) is 4.79 Å². The number of methoxy groups -OCH3 is 1. The molecule has 4 heteroatoms. The molecule has 24 heavy (non-hydrogen) atoms. The third kappa shape index (κ3) is 2.30. The van der Waals surface area contributed by atoms with E-state index in [-0.39, 0.29) is 5.78 Å². The predicted octanol–water partition coefficient (Wildman–Crippen LogP) is 4.24. The molecule has 0 bridgehead atoms. The summed E-state index contributed by atoms with van der Waals surface area (Å²) >= 11 is 0. The topological polar surface area (TPSA) is 55.0 Å². The van der Waals surface area contributed by atoms with Crippen LogP contribution in [0.5, 0.6) is 5.75 Å². The minimum atomic E-state index is -0.00856. The number of nitrogens with zero attached hydrogens (tertiary/aromatic N) is 1. The number of hydrogen-bond acceptors (Lipinski definition) is 3. The summed E-state index contributed by atoms with van der Waals surface area (Å²) in [5, 5.41) is 1.12. The fraction of sp³-hybridized carbons (Fsp3) is 0.300. The van der Waals surface area contributed by atoms with Crippen molar-refractivity contribution >= 4 is 16.8 Å². The van der Waals surface area contributed by atoms with Gasteiger partial charge >= 0.3 is 0 Å². The molecule has 1 atom stereocenters. The molecule has 122 valence electrons. The number of hydrogen-bond donors (Lipinski definition) is 1. The zero-order valence-corrected chi connectivity index (χ0v) is 13.9. The Balaban J connectivity index is 1.90. The van der Waals surface area contributed by atoms with Gasteiger partial charge < -0.3 is 9.72 Å². The maximum Gasteiger partial charge on any atom is 0.178 e. The third-order valence-corrected chi connectivity index (χ3v) is 4.92. The number of nitrogens with one attached hydrogen (secondary N) is 1. The van der Waals surface area contributed by atoms with Crippen molar-refractivity contribution in [2.75, 3.05) is 7.11 Å². The predicted molar refractivity (Wildman–Crippen MR) is 93.9 cm³/mol. The van der Waals surface area contributed by atoms with Gasteiger partial charge in [0.05, 0.1) is 7.11 Å². The molecule has 0 radical (unpaired) electrons. The largest absolute Gasteiger partial charge is 0.496 e. The maximum atomic E-state index is 11.6. The van der Waals surface area contributed by atoms with Crippen molar-refractivity contribution in [2.45, 2.75) is 32.1 Å². The number of H-pyrrole nitrogens is 1. The van der Waals surface area contributed by atoms with Crippen LogP contribution in [0.3, 0.4) is 0 Å². The molecule has 1 N–H and O–H groups in total. The molecule has 4 rings (SSSR count). The summed E-state index contributed by atoms with van der Waals surface area (Å²) in [7, 11) is 1.72. The lowest BCUT2D eigenvalue weighted by molar-refractivity contribution is 0.101. The van der Waals surface area contributed by atoms with Crippen LogP contribution in [0.1, 0.15) is 53.0 Å². The summed E-state index contributed by atoms with van der Waals surface area (Å²) in [5.74, 6) is 1.22. The lowest BCUT2D eigenvalue weighted by atomic mass is 9.80. The smallest absolute Gasteiger partial charge is 0.178 e. The summed E-state index contributed by atoms with van der Waals surface area (Å²) in [6.45, 7) is 1.55. The number of para-hydroxylation sites is 1. The van der Waals surface area contributed by atoms with Crippen LogP contribution < -0.4 is 4.74 Å². The lowest BCUT2D eigenvalue weighted by Gasteiger charge is -2.25. The van der Waals surface area contributed by atoms with E-state index < -0.39 is 0 Å². The number of carbonyl (C=O) groups is 1. The zero-order chi connectivity index (χ0) is 16.7. The Hall–Kier alpha value is -2.62. The molecule has 0 aliphatic heterocycles. The SMILES string of the molecule is COc1ccccc1C1CCCc2[nH]c3nc(C(C)=O)ccc3c21. The monoisotopic (exact) mass is 320 g/mol. The van der Waals surface area contributed by atoms with Gasteiger partial charge in [0, 0.05) is 29.5 Å². The van der Waals surface area contributed by atoms with Crippen molar-refractivity contribution < 1.29 is 9.53 Å². The van der Waals surface area contributed by atoms with E-state index in [1.807, 2.05) is 24.3 Å². The molecular weight excluding hydrogens is 300 g/mol. The number of fused-ring (bicyclic) bond motifs is 3. The first-order chi connectivity index (χ1) is 11.7. The molecule has 0 amide bonds. The highest BCUT2D eigenvalue weighted by molar-refractivity contribution is 5.95. The van der Waals surface area contributed by atoms with Crippen LogP contribution in [0.4, 0.5) is 0 Å². The molecule has 1 aliphatic carbocycles. The lowest BCUT2D eigenvalue weighted by Crippen LogP contribution is -2.11. The number of aromatic amines is 1. The Morgan fingerprint density at radius 2 is 2.08 bits per heavy atom. The van der Waals surface area contributed by atoms with E-state index in [1.54, 1.807) is 14.0 Å². The normalized spacial score (nSPS) is 16.8. The van der Waals surface area contributed by atoms with Crippen molar-refractivity contribution in [2.24, 2.45) is 0 Å². The van der Waals surface area contributed by atoms with E-state index in [0.29, 0.717) is 11.6 Å². The van der Waals surface area contributed by atoms with Gasteiger partial charge in [-0.05, 0) is 43.0 Å². The highest BCUT2D eigenvalue weighted by Crippen LogP contribution is 2.43. The molecule has 3 aromatic rings. The molecule has 0 saturated heterocycles. The zero-order valence-electron chi connectivity index (χ0n) is 13.9. The van der Waals surface area contributed by atoms with Gasteiger partial charge in [-0.1, -0.05) is 18.2 Å². The van der Waals surface area contributed by atoms with Crippen molar-refractivity contribution in [3.05, 3.63) is 58.9 Å². The summed E-state index contributed by atoms with van der Waals surface area (Å²) in [4.78, 5) is 19.6. The van der Waals surface area contributed by atoms with Crippen LogP contribution in [0.15, 0.2) is 36.4 Å².